The lowest BCUT2D eigenvalue weighted by Crippen LogP contribution is -2.32. The Bertz CT molecular complexity index is 1580. The average molecular weight is 532 g/mol. The molecule has 0 aliphatic carbocycles. The van der Waals surface area contributed by atoms with E-state index in [1.807, 2.05) is 31.2 Å². The maximum absolute atomic E-state index is 13.7. The summed E-state index contributed by atoms with van der Waals surface area (Å²) in [6.45, 7) is 1.68. The topological polar surface area (TPSA) is 102 Å². The number of thiazole rings is 1. The minimum Gasteiger partial charge on any atom is -0.469 e. The van der Waals surface area contributed by atoms with Crippen molar-refractivity contribution in [3.05, 3.63) is 98.9 Å². The van der Waals surface area contributed by atoms with E-state index in [9.17, 15) is 19.2 Å². The maximum atomic E-state index is 13.7. The zero-order chi connectivity index (χ0) is 25.7. The summed E-state index contributed by atoms with van der Waals surface area (Å²) < 4.78 is 7.11. The van der Waals surface area contributed by atoms with Crippen molar-refractivity contribution in [2.75, 3.05) is 10.2 Å². The van der Waals surface area contributed by atoms with Crippen LogP contribution in [-0.4, -0.2) is 27.5 Å². The summed E-state index contributed by atoms with van der Waals surface area (Å²) in [6.07, 6.45) is 1.51. The highest BCUT2D eigenvalue weighted by Gasteiger charge is 2.57. The second kappa shape index (κ2) is 9.20. The monoisotopic (exact) mass is 531 g/mol. The van der Waals surface area contributed by atoms with Crippen LogP contribution in [-0.2, 0) is 20.9 Å². The van der Waals surface area contributed by atoms with Crippen LogP contribution in [0.4, 0.5) is 11.4 Å². The highest BCUT2D eigenvalue weighted by molar-refractivity contribution is 8.00. The molecular weight excluding hydrogens is 510 g/mol. The van der Waals surface area contributed by atoms with Gasteiger partial charge in [-0.3, -0.25) is 23.7 Å². The quantitative estimate of drug-likeness (QED) is 0.387. The van der Waals surface area contributed by atoms with Gasteiger partial charge in [0.2, 0.25) is 17.7 Å². The lowest BCUT2D eigenvalue weighted by Gasteiger charge is -2.29. The van der Waals surface area contributed by atoms with E-state index >= 15 is 0 Å². The summed E-state index contributed by atoms with van der Waals surface area (Å²) >= 11 is 2.17. The predicted octanol–water partition coefficient (Wildman–Crippen LogP) is 4.25. The van der Waals surface area contributed by atoms with Crippen LogP contribution in [0.5, 0.6) is 0 Å². The van der Waals surface area contributed by atoms with E-state index in [0.29, 0.717) is 27.0 Å². The normalized spacial score (nSPS) is 20.6. The maximum Gasteiger partial charge on any atom is 0.308 e. The second-order valence-electron chi connectivity index (χ2n) is 8.89. The van der Waals surface area contributed by atoms with Gasteiger partial charge in [-0.05, 0) is 42.8 Å². The van der Waals surface area contributed by atoms with E-state index in [1.165, 1.54) is 27.5 Å². The van der Waals surface area contributed by atoms with Crippen LogP contribution in [0.2, 0.25) is 0 Å². The predicted molar refractivity (Wildman–Crippen MR) is 141 cm³/mol. The Morgan fingerprint density at radius 1 is 0.973 bits per heavy atom. The van der Waals surface area contributed by atoms with Crippen molar-refractivity contribution in [1.29, 1.82) is 0 Å². The highest BCUT2D eigenvalue weighted by Crippen LogP contribution is 2.53. The van der Waals surface area contributed by atoms with E-state index < -0.39 is 17.1 Å². The number of benzene rings is 2. The molecule has 1 N–H and O–H groups in total. The first-order valence-corrected chi connectivity index (χ1v) is 13.4. The number of aromatic nitrogens is 1. The fraction of sp³-hybridized carbons (Fsp3) is 0.185. The second-order valence-corrected chi connectivity index (χ2v) is 11.0. The van der Waals surface area contributed by atoms with Crippen molar-refractivity contribution in [2.24, 2.45) is 5.92 Å². The van der Waals surface area contributed by atoms with E-state index in [4.69, 9.17) is 4.42 Å². The molecule has 2 aromatic heterocycles. The van der Waals surface area contributed by atoms with Gasteiger partial charge >= 0.3 is 4.87 Å². The molecule has 1 saturated heterocycles. The molecule has 37 heavy (non-hydrogen) atoms. The van der Waals surface area contributed by atoms with Gasteiger partial charge in [-0.15, -0.1) is 0 Å². The molecule has 0 bridgehead atoms. The third-order valence-corrected chi connectivity index (χ3v) is 9.24. The Balaban J connectivity index is 1.39. The summed E-state index contributed by atoms with van der Waals surface area (Å²) in [6, 6.07) is 19.7. The number of para-hydroxylation sites is 2. The highest BCUT2D eigenvalue weighted by atomic mass is 32.2. The van der Waals surface area contributed by atoms with Gasteiger partial charge in [0.15, 0.2) is 0 Å². The summed E-state index contributed by atoms with van der Waals surface area (Å²) in [4.78, 5) is 54.9. The van der Waals surface area contributed by atoms with Crippen molar-refractivity contribution in [3.8, 4) is 0 Å². The number of carbonyl (C=O) groups excluding carboxylic acids is 3. The van der Waals surface area contributed by atoms with Crippen molar-refractivity contribution < 1.29 is 18.8 Å². The summed E-state index contributed by atoms with van der Waals surface area (Å²) in [5.74, 6) is -1.86. The molecule has 8 nitrogen and oxygen atoms in total. The van der Waals surface area contributed by atoms with Gasteiger partial charge in [0.05, 0.1) is 33.7 Å². The first kappa shape index (κ1) is 23.5. The molecule has 4 heterocycles. The number of nitrogens with zero attached hydrogens (tertiary/aromatic N) is 2. The SMILES string of the molecule is Cc1ccccc1NC(=O)Cn1c2c(sc1=O)C(c1ccco1)C1C(=O)N(c3ccccc3)C(=O)C1S2. The molecule has 4 aromatic rings. The standard InChI is InChI=1S/C27H21N3O5S2/c1-15-8-5-6-11-17(15)28-19(31)14-29-26-23(37-27(29)34)20(18-12-7-13-35-18)21-22(36-26)25(33)30(24(21)32)16-9-3-2-4-10-16/h2-13,20-22H,14H2,1H3,(H,28,31). The largest absolute Gasteiger partial charge is 0.469 e. The number of thioether (sulfide) groups is 1. The molecular formula is C27H21N3O5S2. The average Bonchev–Trinajstić information content (AvgIpc) is 3.59. The van der Waals surface area contributed by atoms with Gasteiger partial charge in [-0.1, -0.05) is 59.5 Å². The van der Waals surface area contributed by atoms with Crippen molar-refractivity contribution in [1.82, 2.24) is 4.57 Å². The van der Waals surface area contributed by atoms with E-state index in [0.717, 1.165) is 16.9 Å². The summed E-state index contributed by atoms with van der Waals surface area (Å²) in [5, 5.41) is 2.63. The minimum absolute atomic E-state index is 0.210. The number of aryl methyl sites for hydroxylation is 1. The number of fused-ring (bicyclic) bond motifs is 2. The van der Waals surface area contributed by atoms with Crippen LogP contribution in [0, 0.1) is 12.8 Å². The Morgan fingerprint density at radius 2 is 1.73 bits per heavy atom. The Labute approximate surface area is 219 Å². The Morgan fingerprint density at radius 3 is 2.46 bits per heavy atom. The number of anilines is 2. The molecule has 2 aliphatic rings. The van der Waals surface area contributed by atoms with Gasteiger partial charge < -0.3 is 9.73 Å². The van der Waals surface area contributed by atoms with Crippen molar-refractivity contribution in [3.63, 3.8) is 0 Å². The molecule has 10 heteroatoms. The van der Waals surface area contributed by atoms with E-state index in [-0.39, 0.29) is 29.1 Å². The molecule has 1 fully saturated rings. The molecule has 6 rings (SSSR count). The van der Waals surface area contributed by atoms with Crippen LogP contribution >= 0.6 is 23.1 Å². The first-order valence-electron chi connectivity index (χ1n) is 11.7. The van der Waals surface area contributed by atoms with Gasteiger partial charge in [0, 0.05) is 5.69 Å². The van der Waals surface area contributed by atoms with Crippen molar-refractivity contribution in [2.45, 2.75) is 29.7 Å². The van der Waals surface area contributed by atoms with E-state index in [1.54, 1.807) is 42.5 Å². The molecule has 3 atom stereocenters. The number of hydrogen-bond donors (Lipinski definition) is 1. The molecule has 3 unspecified atom stereocenters. The number of carbonyl (C=O) groups is 3. The number of furan rings is 1. The fourth-order valence-corrected chi connectivity index (χ4v) is 7.66. The van der Waals surface area contributed by atoms with Crippen LogP contribution in [0.25, 0.3) is 0 Å². The lowest BCUT2D eigenvalue weighted by molar-refractivity contribution is -0.122. The van der Waals surface area contributed by atoms with Gasteiger partial charge in [-0.2, -0.15) is 0 Å². The van der Waals surface area contributed by atoms with Crippen molar-refractivity contribution >= 4 is 52.2 Å². The van der Waals surface area contributed by atoms with Crippen LogP contribution in [0.1, 0.15) is 22.1 Å². The summed E-state index contributed by atoms with van der Waals surface area (Å²) in [7, 11) is 0. The molecule has 0 spiro atoms. The smallest absolute Gasteiger partial charge is 0.308 e. The number of nitrogens with one attached hydrogen (secondary N) is 1. The number of rotatable bonds is 5. The zero-order valence-corrected chi connectivity index (χ0v) is 21.3. The molecule has 0 radical (unpaired) electrons. The number of imide groups is 1. The van der Waals surface area contributed by atoms with Crippen LogP contribution in [0.15, 0.2) is 87.2 Å². The van der Waals surface area contributed by atoms with E-state index in [2.05, 4.69) is 5.32 Å². The fourth-order valence-electron chi connectivity index (χ4n) is 4.91. The minimum atomic E-state index is -0.755. The molecule has 0 saturated carbocycles. The molecule has 2 aromatic carbocycles. The Kier molecular flexibility index (Phi) is 5.85. The van der Waals surface area contributed by atoms with Gasteiger partial charge in [-0.25, -0.2) is 4.90 Å². The number of hydrogen-bond acceptors (Lipinski definition) is 7. The first-order chi connectivity index (χ1) is 17.9. The third kappa shape index (κ3) is 3.93. The van der Waals surface area contributed by atoms with Gasteiger partial charge in [0.25, 0.3) is 0 Å². The third-order valence-electron chi connectivity index (χ3n) is 6.63. The van der Waals surface area contributed by atoms with Crippen LogP contribution < -0.4 is 15.1 Å². The summed E-state index contributed by atoms with van der Waals surface area (Å²) in [5.41, 5.74) is 2.08. The molecule has 3 amide bonds. The molecule has 186 valence electrons. The Hall–Kier alpha value is -3.89. The zero-order valence-electron chi connectivity index (χ0n) is 19.6. The molecule has 2 aliphatic heterocycles. The number of amides is 3. The van der Waals surface area contributed by atoms with Gasteiger partial charge in [0.1, 0.15) is 17.6 Å². The van der Waals surface area contributed by atoms with Crippen LogP contribution in [0.3, 0.4) is 0 Å². The lowest BCUT2D eigenvalue weighted by atomic mass is 9.87.